The second-order valence-electron chi connectivity index (χ2n) is 7.75. The highest BCUT2D eigenvalue weighted by atomic mass is 35.5. The smallest absolute Gasteiger partial charge is 0.407 e. The summed E-state index contributed by atoms with van der Waals surface area (Å²) in [6.07, 6.45) is -0.458. The van der Waals surface area contributed by atoms with Crippen LogP contribution in [-0.4, -0.2) is 59.7 Å². The van der Waals surface area contributed by atoms with E-state index in [0.717, 1.165) is 5.56 Å². The largest absolute Gasteiger partial charge is 0.465 e. The Labute approximate surface area is 187 Å². The van der Waals surface area contributed by atoms with Crippen molar-refractivity contribution < 1.29 is 14.8 Å². The number of carbonyl (C=O) groups is 1. The minimum Gasteiger partial charge on any atom is -0.465 e. The van der Waals surface area contributed by atoms with Crippen molar-refractivity contribution in [2.45, 2.75) is 26.8 Å². The average Bonchev–Trinajstić information content (AvgIpc) is 2.71. The number of nitrogens with zero attached hydrogens (tertiary/aromatic N) is 3. The quantitative estimate of drug-likeness (QED) is 0.408. The van der Waals surface area contributed by atoms with Crippen molar-refractivity contribution >= 4 is 29.1 Å². The molecule has 2 rings (SSSR count). The topological polar surface area (TPSA) is 99.0 Å². The van der Waals surface area contributed by atoms with E-state index in [-0.39, 0.29) is 5.69 Å². The fraction of sp³-hybridized carbons (Fsp3) is 0.409. The maximum Gasteiger partial charge on any atom is 0.407 e. The van der Waals surface area contributed by atoms with Crippen molar-refractivity contribution in [1.29, 1.82) is 0 Å². The highest BCUT2D eigenvalue weighted by Gasteiger charge is 2.18. The van der Waals surface area contributed by atoms with Crippen LogP contribution in [0, 0.1) is 24.0 Å². The van der Waals surface area contributed by atoms with Crippen LogP contribution in [-0.2, 0) is 13.0 Å². The fourth-order valence-electron chi connectivity index (χ4n) is 3.04. The fourth-order valence-corrected chi connectivity index (χ4v) is 3.30. The molecule has 0 saturated heterocycles. The number of amides is 1. The van der Waals surface area contributed by atoms with Crippen molar-refractivity contribution in [2.24, 2.45) is 0 Å². The first-order valence-corrected chi connectivity index (χ1v) is 10.4. The minimum atomic E-state index is -0.976. The van der Waals surface area contributed by atoms with Gasteiger partial charge in [0.1, 0.15) is 5.69 Å². The zero-order valence-electron chi connectivity index (χ0n) is 18.3. The molecule has 1 amide bonds. The Bertz CT molecular complexity index is 951. The normalized spacial score (nSPS) is 10.9. The van der Waals surface area contributed by atoms with Gasteiger partial charge in [-0.2, -0.15) is 0 Å². The van der Waals surface area contributed by atoms with Crippen molar-refractivity contribution in [3.05, 3.63) is 67.7 Å². The van der Waals surface area contributed by atoms with E-state index in [1.807, 2.05) is 37.9 Å². The zero-order valence-corrected chi connectivity index (χ0v) is 19.1. The number of nitrogens with one attached hydrogen (secondary N) is 1. The first-order valence-electron chi connectivity index (χ1n) is 9.98. The van der Waals surface area contributed by atoms with E-state index in [1.54, 1.807) is 6.07 Å². The monoisotopic (exact) mass is 448 g/mol. The molecule has 0 aliphatic rings. The molecule has 168 valence electrons. The molecule has 0 bridgehead atoms. The van der Waals surface area contributed by atoms with Gasteiger partial charge in [-0.15, -0.1) is 0 Å². The number of rotatable bonds is 10. The molecule has 0 saturated carbocycles. The Morgan fingerprint density at radius 1 is 1.13 bits per heavy atom. The van der Waals surface area contributed by atoms with Crippen molar-refractivity contribution in [1.82, 2.24) is 9.80 Å². The number of nitro groups is 1. The SMILES string of the molecule is Cc1ccc(CNc2cc(Cl)c(CCN(C)CCN(C)C(=O)O)cc2[N+](=O)[O-])cc1C. The van der Waals surface area contributed by atoms with Crippen LogP contribution < -0.4 is 5.32 Å². The Morgan fingerprint density at radius 2 is 1.84 bits per heavy atom. The van der Waals surface area contributed by atoms with Crippen molar-refractivity contribution in [2.75, 3.05) is 39.0 Å². The maximum absolute atomic E-state index is 11.6. The van der Waals surface area contributed by atoms with E-state index >= 15 is 0 Å². The van der Waals surface area contributed by atoms with Gasteiger partial charge in [-0.25, -0.2) is 4.79 Å². The van der Waals surface area contributed by atoms with Crippen LogP contribution in [0.1, 0.15) is 22.3 Å². The Hall–Kier alpha value is -2.84. The first kappa shape index (κ1) is 24.4. The molecule has 0 spiro atoms. The standard InChI is InChI=1S/C22H29ClN4O4/c1-15-5-6-17(11-16(15)2)14-24-20-13-19(23)18(12-21(20)27(30)31)7-8-25(3)9-10-26(4)22(28)29/h5-6,11-13,24H,7-10,14H2,1-4H3,(H,28,29). The summed E-state index contributed by atoms with van der Waals surface area (Å²) < 4.78 is 0. The van der Waals surface area contributed by atoms with E-state index in [9.17, 15) is 14.9 Å². The number of aryl methyl sites for hydroxylation is 2. The van der Waals surface area contributed by atoms with Gasteiger partial charge in [0.2, 0.25) is 0 Å². The van der Waals surface area contributed by atoms with Crippen LogP contribution in [0.4, 0.5) is 16.2 Å². The van der Waals surface area contributed by atoms with Crippen LogP contribution in [0.3, 0.4) is 0 Å². The van der Waals surface area contributed by atoms with Gasteiger partial charge >= 0.3 is 6.09 Å². The third-order valence-electron chi connectivity index (χ3n) is 5.32. The molecule has 2 N–H and O–H groups in total. The molecule has 31 heavy (non-hydrogen) atoms. The number of likely N-dealkylation sites (N-methyl/N-ethyl adjacent to an activating group) is 2. The van der Waals surface area contributed by atoms with Crippen LogP contribution >= 0.6 is 11.6 Å². The molecule has 0 unspecified atom stereocenters. The summed E-state index contributed by atoms with van der Waals surface area (Å²) in [7, 11) is 3.39. The van der Waals surface area contributed by atoms with Crippen LogP contribution in [0.2, 0.25) is 5.02 Å². The lowest BCUT2D eigenvalue weighted by atomic mass is 10.1. The molecule has 0 fully saturated rings. The van der Waals surface area contributed by atoms with Crippen molar-refractivity contribution in [3.8, 4) is 0 Å². The summed E-state index contributed by atoms with van der Waals surface area (Å²) in [6, 6.07) is 9.20. The van der Waals surface area contributed by atoms with E-state index in [4.69, 9.17) is 16.7 Å². The summed E-state index contributed by atoms with van der Waals surface area (Å²) in [5, 5.41) is 24.1. The Kier molecular flexibility index (Phi) is 8.65. The molecule has 0 atom stereocenters. The van der Waals surface area contributed by atoms with Gasteiger partial charge in [0.05, 0.1) is 4.92 Å². The molecular weight excluding hydrogens is 420 g/mol. The number of nitro benzene ring substituents is 1. The zero-order chi connectivity index (χ0) is 23.1. The van der Waals surface area contributed by atoms with Gasteiger partial charge in [0, 0.05) is 44.3 Å². The number of anilines is 1. The summed E-state index contributed by atoms with van der Waals surface area (Å²) >= 11 is 6.42. The second kappa shape index (κ2) is 11.0. The summed E-state index contributed by atoms with van der Waals surface area (Å²) in [5.41, 5.74) is 4.45. The van der Waals surface area contributed by atoms with Gasteiger partial charge in [-0.3, -0.25) is 10.1 Å². The molecule has 0 radical (unpaired) electrons. The van der Waals surface area contributed by atoms with Gasteiger partial charge < -0.3 is 20.2 Å². The van der Waals surface area contributed by atoms with Gasteiger partial charge in [0.25, 0.3) is 5.69 Å². The number of halogens is 1. The Morgan fingerprint density at radius 3 is 2.45 bits per heavy atom. The summed E-state index contributed by atoms with van der Waals surface area (Å²) in [4.78, 5) is 25.3. The van der Waals surface area contributed by atoms with Crippen LogP contribution in [0.25, 0.3) is 0 Å². The lowest BCUT2D eigenvalue weighted by Gasteiger charge is -2.20. The Balaban J connectivity index is 2.06. The molecule has 9 heteroatoms. The molecule has 8 nitrogen and oxygen atoms in total. The highest BCUT2D eigenvalue weighted by molar-refractivity contribution is 6.31. The summed E-state index contributed by atoms with van der Waals surface area (Å²) in [6.45, 7) is 6.05. The van der Waals surface area contributed by atoms with Crippen LogP contribution in [0.15, 0.2) is 30.3 Å². The second-order valence-corrected chi connectivity index (χ2v) is 8.15. The van der Waals surface area contributed by atoms with Crippen molar-refractivity contribution in [3.63, 3.8) is 0 Å². The number of hydrogen-bond donors (Lipinski definition) is 2. The molecular formula is C22H29ClN4O4. The summed E-state index contributed by atoms with van der Waals surface area (Å²) in [5.74, 6) is 0. The molecule has 0 heterocycles. The predicted molar refractivity (Wildman–Crippen MR) is 123 cm³/mol. The third kappa shape index (κ3) is 7.11. The molecule has 0 aromatic heterocycles. The minimum absolute atomic E-state index is 0.0171. The first-order chi connectivity index (χ1) is 14.6. The lowest BCUT2D eigenvalue weighted by Crippen LogP contribution is -2.34. The number of carboxylic acid groups (broad SMARTS) is 1. The number of benzene rings is 2. The molecule has 2 aromatic carbocycles. The molecule has 0 aliphatic heterocycles. The maximum atomic E-state index is 11.6. The lowest BCUT2D eigenvalue weighted by molar-refractivity contribution is -0.384. The van der Waals surface area contributed by atoms with Gasteiger partial charge in [0.15, 0.2) is 0 Å². The van der Waals surface area contributed by atoms with E-state index in [0.29, 0.717) is 48.9 Å². The molecule has 0 aliphatic carbocycles. The average molecular weight is 449 g/mol. The highest BCUT2D eigenvalue weighted by Crippen LogP contribution is 2.32. The number of hydrogen-bond acceptors (Lipinski definition) is 5. The van der Waals surface area contributed by atoms with E-state index < -0.39 is 11.0 Å². The van der Waals surface area contributed by atoms with E-state index in [1.165, 1.54) is 29.1 Å². The van der Waals surface area contributed by atoms with Gasteiger partial charge in [-0.05, 0) is 55.6 Å². The molecule has 2 aromatic rings. The predicted octanol–water partition coefficient (Wildman–Crippen LogP) is 4.56. The van der Waals surface area contributed by atoms with Gasteiger partial charge in [-0.1, -0.05) is 29.8 Å². The third-order valence-corrected chi connectivity index (χ3v) is 5.67. The van der Waals surface area contributed by atoms with Crippen LogP contribution in [0.5, 0.6) is 0 Å². The van der Waals surface area contributed by atoms with E-state index in [2.05, 4.69) is 11.4 Å².